The first-order chi connectivity index (χ1) is 14.7. The largest absolute Gasteiger partial charge is 0.494 e. The number of rotatable bonds is 8. The van der Waals surface area contributed by atoms with Crippen LogP contribution in [0.4, 0.5) is 13.2 Å². The molecule has 168 valence electrons. The van der Waals surface area contributed by atoms with Gasteiger partial charge in [-0.15, -0.1) is 0 Å². The van der Waals surface area contributed by atoms with Gasteiger partial charge in [0.1, 0.15) is 11.5 Å². The minimum Gasteiger partial charge on any atom is -0.494 e. The van der Waals surface area contributed by atoms with Crippen molar-refractivity contribution in [1.29, 1.82) is 0 Å². The zero-order chi connectivity index (χ0) is 22.5. The van der Waals surface area contributed by atoms with E-state index in [-0.39, 0.29) is 10.6 Å². The quantitative estimate of drug-likeness (QED) is 0.343. The van der Waals surface area contributed by atoms with Crippen LogP contribution in [0.3, 0.4) is 0 Å². The van der Waals surface area contributed by atoms with Crippen LogP contribution in [-0.2, 0) is 14.6 Å². The third-order valence-electron chi connectivity index (χ3n) is 4.89. The number of hydrogen-bond donors (Lipinski definition) is 0. The molecule has 0 aromatic heterocycles. The Labute approximate surface area is 178 Å². The third-order valence-corrected chi connectivity index (χ3v) is 7.08. The van der Waals surface area contributed by atoms with Crippen molar-refractivity contribution in [3.63, 3.8) is 0 Å². The Kier molecular flexibility index (Phi) is 7.22. The number of para-hydroxylation sites is 1. The molecule has 2 aromatic rings. The molecule has 1 unspecified atom stereocenters. The number of carbonyl (C=O) groups excluding carboxylic acids is 1. The maximum absolute atomic E-state index is 12.8. The first kappa shape index (κ1) is 23.1. The van der Waals surface area contributed by atoms with Crippen LogP contribution in [0, 0.1) is 0 Å². The summed E-state index contributed by atoms with van der Waals surface area (Å²) in [5, 5.41) is -0.605. The fourth-order valence-electron chi connectivity index (χ4n) is 3.30. The first-order valence-corrected chi connectivity index (χ1v) is 11.2. The fourth-order valence-corrected chi connectivity index (χ4v) is 5.03. The average Bonchev–Trinajstić information content (AvgIpc) is 3.22. The number of nitrogens with zero attached hydrogens (tertiary/aromatic N) is 1. The van der Waals surface area contributed by atoms with E-state index in [2.05, 4.69) is 9.64 Å². The van der Waals surface area contributed by atoms with E-state index in [0.717, 1.165) is 36.4 Å². The van der Waals surface area contributed by atoms with Crippen molar-refractivity contribution < 1.29 is 35.9 Å². The lowest BCUT2D eigenvalue weighted by atomic mass is 10.3. The molecule has 0 amide bonds. The summed E-state index contributed by atoms with van der Waals surface area (Å²) < 4.78 is 72.3. The predicted molar refractivity (Wildman–Crippen MR) is 107 cm³/mol. The molecule has 1 fully saturated rings. The van der Waals surface area contributed by atoms with E-state index >= 15 is 0 Å². The SMILES string of the molecule is O=C(Oc1ccc(S(=O)(=O)C2CCN(CCCOc3ccccc3)C2)cc1)C(F)(F)F. The van der Waals surface area contributed by atoms with Gasteiger partial charge in [0.25, 0.3) is 0 Å². The number of esters is 1. The molecule has 31 heavy (non-hydrogen) atoms. The predicted octanol–water partition coefficient (Wildman–Crippen LogP) is 3.47. The Morgan fingerprint density at radius 2 is 1.71 bits per heavy atom. The molecule has 1 saturated heterocycles. The zero-order valence-electron chi connectivity index (χ0n) is 16.5. The second kappa shape index (κ2) is 9.69. The summed E-state index contributed by atoms with van der Waals surface area (Å²) in [5.41, 5.74) is 0. The maximum Gasteiger partial charge on any atom is 0.491 e. The summed E-state index contributed by atoms with van der Waals surface area (Å²) in [4.78, 5) is 12.9. The summed E-state index contributed by atoms with van der Waals surface area (Å²) in [6.45, 7) is 2.23. The van der Waals surface area contributed by atoms with E-state index < -0.39 is 27.2 Å². The van der Waals surface area contributed by atoms with Gasteiger partial charge in [0.05, 0.1) is 16.8 Å². The Morgan fingerprint density at radius 3 is 2.35 bits per heavy atom. The molecule has 1 aliphatic heterocycles. The van der Waals surface area contributed by atoms with Gasteiger partial charge < -0.3 is 14.4 Å². The zero-order valence-corrected chi connectivity index (χ0v) is 17.4. The van der Waals surface area contributed by atoms with Crippen molar-refractivity contribution in [3.8, 4) is 11.5 Å². The van der Waals surface area contributed by atoms with E-state index in [4.69, 9.17) is 4.74 Å². The van der Waals surface area contributed by atoms with Gasteiger partial charge in [-0.3, -0.25) is 0 Å². The lowest BCUT2D eigenvalue weighted by molar-refractivity contribution is -0.189. The lowest BCUT2D eigenvalue weighted by Crippen LogP contribution is -2.28. The number of halogens is 3. The molecule has 0 N–H and O–H groups in total. The van der Waals surface area contributed by atoms with Gasteiger partial charge in [-0.25, -0.2) is 13.2 Å². The molecule has 1 heterocycles. The monoisotopic (exact) mass is 457 g/mol. The highest BCUT2D eigenvalue weighted by Crippen LogP contribution is 2.26. The van der Waals surface area contributed by atoms with E-state index in [9.17, 15) is 26.4 Å². The first-order valence-electron chi connectivity index (χ1n) is 9.69. The molecular weight excluding hydrogens is 435 g/mol. The Balaban J connectivity index is 1.50. The molecule has 3 rings (SSSR count). The van der Waals surface area contributed by atoms with Crippen LogP contribution in [-0.4, -0.2) is 57.0 Å². The highest BCUT2D eigenvalue weighted by atomic mass is 32.2. The van der Waals surface area contributed by atoms with Gasteiger partial charge in [-0.1, -0.05) is 18.2 Å². The molecule has 0 saturated carbocycles. The number of benzene rings is 2. The highest BCUT2D eigenvalue weighted by Gasteiger charge is 2.41. The number of likely N-dealkylation sites (tertiary alicyclic amines) is 1. The third kappa shape index (κ3) is 6.20. The van der Waals surface area contributed by atoms with Crippen LogP contribution in [0.2, 0.25) is 0 Å². The van der Waals surface area contributed by atoms with E-state index in [1.807, 2.05) is 30.3 Å². The Bertz CT molecular complexity index is 978. The molecule has 0 aliphatic carbocycles. The molecule has 10 heteroatoms. The molecule has 1 atom stereocenters. The lowest BCUT2D eigenvalue weighted by Gasteiger charge is -2.16. The minimum atomic E-state index is -5.12. The number of sulfone groups is 1. The normalized spacial score (nSPS) is 17.5. The topological polar surface area (TPSA) is 72.9 Å². The van der Waals surface area contributed by atoms with Crippen molar-refractivity contribution in [1.82, 2.24) is 4.90 Å². The minimum absolute atomic E-state index is 0.0152. The number of ether oxygens (including phenoxy) is 2. The Morgan fingerprint density at radius 1 is 1.03 bits per heavy atom. The second-order valence-corrected chi connectivity index (χ2v) is 9.36. The van der Waals surface area contributed by atoms with Crippen LogP contribution in [0.5, 0.6) is 11.5 Å². The summed E-state index contributed by atoms with van der Waals surface area (Å²) in [7, 11) is -3.65. The van der Waals surface area contributed by atoms with Crippen molar-refractivity contribution in [2.24, 2.45) is 0 Å². The molecule has 6 nitrogen and oxygen atoms in total. The van der Waals surface area contributed by atoms with Crippen LogP contribution in [0.15, 0.2) is 59.5 Å². The fraction of sp³-hybridized carbons (Fsp3) is 0.381. The van der Waals surface area contributed by atoms with Gasteiger partial charge >= 0.3 is 12.1 Å². The van der Waals surface area contributed by atoms with Crippen LogP contribution in [0.1, 0.15) is 12.8 Å². The molecule has 0 bridgehead atoms. The average molecular weight is 457 g/mol. The molecule has 2 aromatic carbocycles. The molecular formula is C21H22F3NO5S. The van der Waals surface area contributed by atoms with Crippen molar-refractivity contribution in [2.45, 2.75) is 29.2 Å². The van der Waals surface area contributed by atoms with Gasteiger partial charge in [-0.2, -0.15) is 13.2 Å². The summed E-state index contributed by atoms with van der Waals surface area (Å²) >= 11 is 0. The summed E-state index contributed by atoms with van der Waals surface area (Å²) in [6, 6.07) is 13.8. The van der Waals surface area contributed by atoms with E-state index in [0.29, 0.717) is 32.7 Å². The van der Waals surface area contributed by atoms with Crippen LogP contribution < -0.4 is 9.47 Å². The van der Waals surface area contributed by atoms with E-state index in [1.165, 1.54) is 0 Å². The molecule has 1 aliphatic rings. The van der Waals surface area contributed by atoms with Gasteiger partial charge in [0.2, 0.25) is 0 Å². The molecule has 0 spiro atoms. The maximum atomic E-state index is 12.8. The van der Waals surface area contributed by atoms with Crippen molar-refractivity contribution >= 4 is 15.8 Å². The number of hydrogen-bond acceptors (Lipinski definition) is 6. The summed E-state index contributed by atoms with van der Waals surface area (Å²) in [5.74, 6) is -1.94. The second-order valence-electron chi connectivity index (χ2n) is 7.13. The highest BCUT2D eigenvalue weighted by molar-refractivity contribution is 7.92. The van der Waals surface area contributed by atoms with E-state index in [1.54, 1.807) is 0 Å². The number of carbonyl (C=O) groups is 1. The van der Waals surface area contributed by atoms with Crippen molar-refractivity contribution in [3.05, 3.63) is 54.6 Å². The van der Waals surface area contributed by atoms with Gasteiger partial charge in [-0.05, 0) is 55.8 Å². The Hall–Kier alpha value is -2.59. The number of alkyl halides is 3. The molecule has 0 radical (unpaired) electrons. The van der Waals surface area contributed by atoms with Gasteiger partial charge in [0, 0.05) is 13.1 Å². The summed E-state index contributed by atoms with van der Waals surface area (Å²) in [6.07, 6.45) is -3.90. The standard InChI is InChI=1S/C21H22F3NO5S/c22-21(23,24)20(26)30-17-7-9-18(10-8-17)31(27,28)19-11-13-25(15-19)12-4-14-29-16-5-2-1-3-6-16/h1-3,5-10,19H,4,11-15H2. The smallest absolute Gasteiger partial charge is 0.491 e. The van der Waals surface area contributed by atoms with Gasteiger partial charge in [0.15, 0.2) is 9.84 Å². The van der Waals surface area contributed by atoms with Crippen LogP contribution in [0.25, 0.3) is 0 Å². The van der Waals surface area contributed by atoms with Crippen molar-refractivity contribution in [2.75, 3.05) is 26.2 Å². The van der Waals surface area contributed by atoms with Crippen LogP contribution >= 0.6 is 0 Å².